The van der Waals surface area contributed by atoms with Gasteiger partial charge in [-0.15, -0.1) is 0 Å². The molecule has 2 heteroatoms. The second-order valence-corrected chi connectivity index (χ2v) is 5.99. The van der Waals surface area contributed by atoms with Gasteiger partial charge in [0.2, 0.25) is 0 Å². The van der Waals surface area contributed by atoms with Crippen molar-refractivity contribution in [1.82, 2.24) is 4.90 Å². The number of aldehydes is 1. The fourth-order valence-electron chi connectivity index (χ4n) is 2.97. The Hall–Kier alpha value is -0.370. The van der Waals surface area contributed by atoms with Crippen LogP contribution in [0.25, 0.3) is 0 Å². The molecule has 0 aromatic heterocycles. The maximum absolute atomic E-state index is 11.4. The molecule has 0 saturated heterocycles. The molecule has 0 unspecified atom stereocenters. The highest BCUT2D eigenvalue weighted by molar-refractivity contribution is 5.59. The summed E-state index contributed by atoms with van der Waals surface area (Å²) in [4.78, 5) is 13.8. The summed E-state index contributed by atoms with van der Waals surface area (Å²) in [7, 11) is 2.15. The lowest BCUT2D eigenvalue weighted by Gasteiger charge is -2.32. The quantitative estimate of drug-likeness (QED) is 0.529. The molecule has 0 bridgehead atoms. The number of nitrogens with zero attached hydrogens (tertiary/aromatic N) is 1. The summed E-state index contributed by atoms with van der Waals surface area (Å²) in [6, 6.07) is 0. The lowest BCUT2D eigenvalue weighted by atomic mass is 9.81. The van der Waals surface area contributed by atoms with Crippen LogP contribution in [-0.4, -0.2) is 31.3 Å². The standard InChI is InChI=1S/C14H27NO/c1-13(2)10-15(3)11-14(12-16)8-6-4-5-7-9-14/h12-13H,4-11H2,1-3H3. The van der Waals surface area contributed by atoms with Gasteiger partial charge in [0.15, 0.2) is 0 Å². The first kappa shape index (κ1) is 13.7. The molecular weight excluding hydrogens is 198 g/mol. The highest BCUT2D eigenvalue weighted by Crippen LogP contribution is 2.33. The van der Waals surface area contributed by atoms with E-state index >= 15 is 0 Å². The Morgan fingerprint density at radius 1 is 1.19 bits per heavy atom. The van der Waals surface area contributed by atoms with Crippen LogP contribution in [0.15, 0.2) is 0 Å². The largest absolute Gasteiger partial charge is 0.305 e. The van der Waals surface area contributed by atoms with Crippen LogP contribution in [0.3, 0.4) is 0 Å². The summed E-state index contributed by atoms with van der Waals surface area (Å²) in [5.41, 5.74) is -0.0415. The van der Waals surface area contributed by atoms with E-state index in [1.165, 1.54) is 32.0 Å². The van der Waals surface area contributed by atoms with Gasteiger partial charge in [-0.1, -0.05) is 39.5 Å². The molecular formula is C14H27NO. The van der Waals surface area contributed by atoms with Crippen LogP contribution >= 0.6 is 0 Å². The highest BCUT2D eigenvalue weighted by Gasteiger charge is 2.31. The topological polar surface area (TPSA) is 20.3 Å². The Morgan fingerprint density at radius 2 is 1.75 bits per heavy atom. The van der Waals surface area contributed by atoms with Crippen LogP contribution in [0.2, 0.25) is 0 Å². The van der Waals surface area contributed by atoms with Gasteiger partial charge in [0, 0.05) is 18.5 Å². The molecule has 1 saturated carbocycles. The molecule has 16 heavy (non-hydrogen) atoms. The maximum atomic E-state index is 11.4. The van der Waals surface area contributed by atoms with Crippen LogP contribution in [0.1, 0.15) is 52.4 Å². The van der Waals surface area contributed by atoms with Gasteiger partial charge in [0.25, 0.3) is 0 Å². The summed E-state index contributed by atoms with van der Waals surface area (Å²) >= 11 is 0. The van der Waals surface area contributed by atoms with E-state index < -0.39 is 0 Å². The zero-order chi connectivity index (χ0) is 12.0. The molecule has 2 nitrogen and oxygen atoms in total. The minimum Gasteiger partial charge on any atom is -0.305 e. The Labute approximate surface area is 100 Å². The third-order valence-corrected chi connectivity index (χ3v) is 3.61. The molecule has 0 aliphatic heterocycles. The van der Waals surface area contributed by atoms with Crippen molar-refractivity contribution in [2.45, 2.75) is 52.4 Å². The van der Waals surface area contributed by atoms with Gasteiger partial charge in [0.1, 0.15) is 6.29 Å². The number of hydrogen-bond donors (Lipinski definition) is 0. The van der Waals surface area contributed by atoms with Gasteiger partial charge in [-0.3, -0.25) is 0 Å². The fraction of sp³-hybridized carbons (Fsp3) is 0.929. The first-order valence-corrected chi connectivity index (χ1v) is 6.73. The minimum absolute atomic E-state index is 0.0415. The molecule has 0 spiro atoms. The molecule has 0 radical (unpaired) electrons. The summed E-state index contributed by atoms with van der Waals surface area (Å²) in [5.74, 6) is 0.680. The monoisotopic (exact) mass is 225 g/mol. The van der Waals surface area contributed by atoms with E-state index in [-0.39, 0.29) is 5.41 Å². The van der Waals surface area contributed by atoms with Gasteiger partial charge in [-0.25, -0.2) is 0 Å². The van der Waals surface area contributed by atoms with Gasteiger partial charge >= 0.3 is 0 Å². The second kappa shape index (κ2) is 6.39. The molecule has 1 rings (SSSR count). The van der Waals surface area contributed by atoms with Crippen LogP contribution in [-0.2, 0) is 4.79 Å². The Morgan fingerprint density at radius 3 is 2.19 bits per heavy atom. The minimum atomic E-state index is -0.0415. The first-order chi connectivity index (χ1) is 7.58. The Balaban J connectivity index is 2.53. The Bertz CT molecular complexity index is 205. The Kier molecular flexibility index (Phi) is 5.47. The van der Waals surface area contributed by atoms with E-state index in [1.54, 1.807) is 0 Å². The molecule has 1 fully saturated rings. The molecule has 0 N–H and O–H groups in total. The lowest BCUT2D eigenvalue weighted by molar-refractivity contribution is -0.118. The molecule has 0 aromatic carbocycles. The van der Waals surface area contributed by atoms with E-state index in [9.17, 15) is 4.79 Å². The molecule has 0 heterocycles. The third-order valence-electron chi connectivity index (χ3n) is 3.61. The average molecular weight is 225 g/mol. The van der Waals surface area contributed by atoms with Crippen LogP contribution < -0.4 is 0 Å². The number of hydrogen-bond acceptors (Lipinski definition) is 2. The SMILES string of the molecule is CC(C)CN(C)CC1(C=O)CCCCCC1. The average Bonchev–Trinajstić information content (AvgIpc) is 2.43. The predicted molar refractivity (Wildman–Crippen MR) is 68.5 cm³/mol. The maximum Gasteiger partial charge on any atom is 0.127 e. The molecule has 1 aliphatic rings. The van der Waals surface area contributed by atoms with E-state index in [0.717, 1.165) is 25.9 Å². The normalized spacial score (nSPS) is 21.1. The third kappa shape index (κ3) is 4.25. The second-order valence-electron chi connectivity index (χ2n) is 5.99. The van der Waals surface area contributed by atoms with Gasteiger partial charge in [0.05, 0.1) is 0 Å². The van der Waals surface area contributed by atoms with Crippen LogP contribution in [0.5, 0.6) is 0 Å². The van der Waals surface area contributed by atoms with Gasteiger partial charge < -0.3 is 9.69 Å². The van der Waals surface area contributed by atoms with Crippen molar-refractivity contribution in [3.8, 4) is 0 Å². The highest BCUT2D eigenvalue weighted by atomic mass is 16.1. The van der Waals surface area contributed by atoms with Crippen molar-refractivity contribution < 1.29 is 4.79 Å². The van der Waals surface area contributed by atoms with Crippen LogP contribution in [0.4, 0.5) is 0 Å². The number of rotatable bonds is 5. The van der Waals surface area contributed by atoms with E-state index in [2.05, 4.69) is 25.8 Å². The summed E-state index contributed by atoms with van der Waals surface area (Å²) < 4.78 is 0. The summed E-state index contributed by atoms with van der Waals surface area (Å²) in [6.45, 7) is 6.51. The number of carbonyl (C=O) groups is 1. The van der Waals surface area contributed by atoms with Gasteiger partial charge in [-0.05, 0) is 25.8 Å². The summed E-state index contributed by atoms with van der Waals surface area (Å²) in [5, 5.41) is 0. The molecule has 0 aromatic rings. The van der Waals surface area contributed by atoms with Crippen molar-refractivity contribution in [3.63, 3.8) is 0 Å². The lowest BCUT2D eigenvalue weighted by Crippen LogP contribution is -2.38. The van der Waals surface area contributed by atoms with Crippen molar-refractivity contribution in [3.05, 3.63) is 0 Å². The summed E-state index contributed by atoms with van der Waals surface area (Å²) in [6.07, 6.45) is 8.52. The van der Waals surface area contributed by atoms with Crippen LogP contribution in [0, 0.1) is 11.3 Å². The first-order valence-electron chi connectivity index (χ1n) is 6.73. The smallest absolute Gasteiger partial charge is 0.127 e. The molecule has 94 valence electrons. The molecule has 1 aliphatic carbocycles. The van der Waals surface area contributed by atoms with E-state index in [4.69, 9.17) is 0 Å². The fourth-order valence-corrected chi connectivity index (χ4v) is 2.97. The molecule has 0 atom stereocenters. The van der Waals surface area contributed by atoms with E-state index in [0.29, 0.717) is 5.92 Å². The molecule has 0 amide bonds. The zero-order valence-corrected chi connectivity index (χ0v) is 11.2. The number of carbonyl (C=O) groups excluding carboxylic acids is 1. The van der Waals surface area contributed by atoms with Crippen molar-refractivity contribution in [2.24, 2.45) is 11.3 Å². The van der Waals surface area contributed by atoms with Crippen molar-refractivity contribution >= 4 is 6.29 Å². The van der Waals surface area contributed by atoms with E-state index in [1.807, 2.05) is 0 Å². The van der Waals surface area contributed by atoms with Gasteiger partial charge in [-0.2, -0.15) is 0 Å². The van der Waals surface area contributed by atoms with Crippen molar-refractivity contribution in [2.75, 3.05) is 20.1 Å². The zero-order valence-electron chi connectivity index (χ0n) is 11.2. The van der Waals surface area contributed by atoms with Crippen molar-refractivity contribution in [1.29, 1.82) is 0 Å². The predicted octanol–water partition coefficient (Wildman–Crippen LogP) is 3.11.